The van der Waals surface area contributed by atoms with Gasteiger partial charge in [0.1, 0.15) is 17.5 Å². The van der Waals surface area contributed by atoms with E-state index in [1.807, 2.05) is 0 Å². The number of hydrogen-bond donors (Lipinski definition) is 1. The van der Waals surface area contributed by atoms with Gasteiger partial charge >= 0.3 is 6.03 Å². The number of nitrogens with one attached hydrogen (secondary N) is 1. The van der Waals surface area contributed by atoms with Crippen LogP contribution in [0.1, 0.15) is 5.56 Å². The fourth-order valence-corrected chi connectivity index (χ4v) is 2.13. The average molecular weight is 278 g/mol. The molecule has 0 spiro atoms. The molecule has 2 amide bonds. The van der Waals surface area contributed by atoms with Crippen LogP contribution >= 0.6 is 0 Å². The van der Waals surface area contributed by atoms with Crippen molar-refractivity contribution in [2.24, 2.45) is 0 Å². The standard InChI is InChI=1S/C14H9F3N2O/c15-9-2-4-12-8(5-9)7-19(14(20)18-12)13-6-10(16)1-3-11(13)17/h1-6H,7H2,(H,18,20). The molecule has 0 unspecified atom stereocenters. The van der Waals surface area contributed by atoms with E-state index in [1.54, 1.807) is 0 Å². The van der Waals surface area contributed by atoms with E-state index in [1.165, 1.54) is 18.2 Å². The summed E-state index contributed by atoms with van der Waals surface area (Å²) in [6.45, 7) is -0.0285. The third-order valence-corrected chi connectivity index (χ3v) is 3.08. The number of hydrogen-bond acceptors (Lipinski definition) is 1. The molecule has 20 heavy (non-hydrogen) atoms. The maximum Gasteiger partial charge on any atom is 0.326 e. The van der Waals surface area contributed by atoms with Crippen molar-refractivity contribution in [3.05, 3.63) is 59.4 Å². The molecule has 1 aliphatic heterocycles. The third kappa shape index (κ3) is 2.09. The smallest absolute Gasteiger partial charge is 0.307 e. The molecule has 0 aromatic heterocycles. The Morgan fingerprint density at radius 1 is 1.00 bits per heavy atom. The number of carbonyl (C=O) groups is 1. The summed E-state index contributed by atoms with van der Waals surface area (Å²) in [5.74, 6) is -1.83. The summed E-state index contributed by atoms with van der Waals surface area (Å²) in [6.07, 6.45) is 0. The summed E-state index contributed by atoms with van der Waals surface area (Å²) in [5.41, 5.74) is 0.773. The normalized spacial score (nSPS) is 13.9. The van der Waals surface area contributed by atoms with Crippen molar-refractivity contribution < 1.29 is 18.0 Å². The summed E-state index contributed by atoms with van der Waals surface area (Å²) >= 11 is 0. The maximum atomic E-state index is 13.7. The van der Waals surface area contributed by atoms with Gasteiger partial charge in [-0.15, -0.1) is 0 Å². The van der Waals surface area contributed by atoms with Crippen LogP contribution in [0.4, 0.5) is 29.3 Å². The van der Waals surface area contributed by atoms with Gasteiger partial charge in [0.05, 0.1) is 12.2 Å². The van der Waals surface area contributed by atoms with Gasteiger partial charge in [-0.05, 0) is 35.9 Å². The number of amides is 2. The number of anilines is 2. The Kier molecular flexibility index (Phi) is 2.85. The molecule has 0 atom stereocenters. The summed E-state index contributed by atoms with van der Waals surface area (Å²) in [7, 11) is 0. The maximum absolute atomic E-state index is 13.7. The van der Waals surface area contributed by atoms with Crippen LogP contribution in [0.25, 0.3) is 0 Å². The van der Waals surface area contributed by atoms with Gasteiger partial charge in [0.25, 0.3) is 0 Å². The molecule has 2 aromatic rings. The van der Waals surface area contributed by atoms with Crippen molar-refractivity contribution in [2.75, 3.05) is 10.2 Å². The topological polar surface area (TPSA) is 32.3 Å². The van der Waals surface area contributed by atoms with Crippen LogP contribution in [0.3, 0.4) is 0 Å². The first-order valence-electron chi connectivity index (χ1n) is 5.86. The summed E-state index contributed by atoms with van der Waals surface area (Å²) < 4.78 is 40.1. The van der Waals surface area contributed by atoms with Gasteiger partial charge in [-0.1, -0.05) is 0 Å². The summed E-state index contributed by atoms with van der Waals surface area (Å²) in [6, 6.07) is 6.15. The van der Waals surface area contributed by atoms with Crippen LogP contribution in [0, 0.1) is 17.5 Å². The van der Waals surface area contributed by atoms with Crippen LogP contribution in [0.15, 0.2) is 36.4 Å². The molecule has 0 saturated carbocycles. The second-order valence-corrected chi connectivity index (χ2v) is 4.41. The van der Waals surface area contributed by atoms with E-state index in [9.17, 15) is 18.0 Å². The minimum absolute atomic E-state index is 0.0285. The third-order valence-electron chi connectivity index (χ3n) is 3.08. The van der Waals surface area contributed by atoms with Gasteiger partial charge in [-0.3, -0.25) is 4.90 Å². The molecule has 3 nitrogen and oxygen atoms in total. The van der Waals surface area contributed by atoms with Crippen molar-refractivity contribution in [3.8, 4) is 0 Å². The Bertz CT molecular complexity index is 703. The molecular formula is C14H9F3N2O. The molecular weight excluding hydrogens is 269 g/mol. The highest BCUT2D eigenvalue weighted by Crippen LogP contribution is 2.29. The van der Waals surface area contributed by atoms with Gasteiger partial charge in [0, 0.05) is 11.8 Å². The lowest BCUT2D eigenvalue weighted by Crippen LogP contribution is -2.39. The fourth-order valence-electron chi connectivity index (χ4n) is 2.13. The predicted octanol–water partition coefficient (Wildman–Crippen LogP) is 3.66. The second-order valence-electron chi connectivity index (χ2n) is 4.41. The monoisotopic (exact) mass is 278 g/mol. The van der Waals surface area contributed by atoms with Crippen molar-refractivity contribution in [1.29, 1.82) is 0 Å². The molecule has 2 aromatic carbocycles. The number of rotatable bonds is 1. The molecule has 0 saturated heterocycles. The summed E-state index contributed by atoms with van der Waals surface area (Å²) in [5, 5.41) is 2.51. The number of benzene rings is 2. The zero-order chi connectivity index (χ0) is 14.3. The van der Waals surface area contributed by atoms with Crippen molar-refractivity contribution in [3.63, 3.8) is 0 Å². The molecule has 1 aliphatic rings. The van der Waals surface area contributed by atoms with E-state index in [0.29, 0.717) is 11.3 Å². The number of carbonyl (C=O) groups excluding carboxylic acids is 1. The van der Waals surface area contributed by atoms with E-state index in [2.05, 4.69) is 5.32 Å². The Labute approximate surface area is 112 Å². The fraction of sp³-hybridized carbons (Fsp3) is 0.0714. The molecule has 0 bridgehead atoms. The average Bonchev–Trinajstić information content (AvgIpc) is 2.41. The summed E-state index contributed by atoms with van der Waals surface area (Å²) in [4.78, 5) is 13.0. The van der Waals surface area contributed by atoms with Crippen LogP contribution in [-0.4, -0.2) is 6.03 Å². The van der Waals surface area contributed by atoms with E-state index < -0.39 is 23.5 Å². The van der Waals surface area contributed by atoms with Crippen molar-refractivity contribution in [2.45, 2.75) is 6.54 Å². The quantitative estimate of drug-likeness (QED) is 0.848. The molecule has 1 N–H and O–H groups in total. The SMILES string of the molecule is O=C1Nc2ccc(F)cc2CN1c1cc(F)ccc1F. The molecule has 6 heteroatoms. The van der Waals surface area contributed by atoms with E-state index in [-0.39, 0.29) is 12.2 Å². The molecule has 0 aliphatic carbocycles. The highest BCUT2D eigenvalue weighted by Gasteiger charge is 2.26. The first kappa shape index (κ1) is 12.5. The number of nitrogens with zero attached hydrogens (tertiary/aromatic N) is 1. The van der Waals surface area contributed by atoms with Crippen molar-refractivity contribution >= 4 is 17.4 Å². The zero-order valence-electron chi connectivity index (χ0n) is 10.2. The lowest BCUT2D eigenvalue weighted by molar-refractivity contribution is 0.255. The van der Waals surface area contributed by atoms with Crippen molar-refractivity contribution in [1.82, 2.24) is 0 Å². The Morgan fingerprint density at radius 2 is 1.70 bits per heavy atom. The van der Waals surface area contributed by atoms with Gasteiger partial charge in [-0.2, -0.15) is 0 Å². The first-order valence-corrected chi connectivity index (χ1v) is 5.86. The zero-order valence-corrected chi connectivity index (χ0v) is 10.2. The van der Waals surface area contributed by atoms with E-state index in [4.69, 9.17) is 0 Å². The largest absolute Gasteiger partial charge is 0.326 e. The molecule has 3 rings (SSSR count). The highest BCUT2D eigenvalue weighted by molar-refractivity contribution is 6.04. The van der Waals surface area contributed by atoms with Gasteiger partial charge in [0.15, 0.2) is 0 Å². The van der Waals surface area contributed by atoms with E-state index in [0.717, 1.165) is 23.1 Å². The lowest BCUT2D eigenvalue weighted by Gasteiger charge is -2.29. The van der Waals surface area contributed by atoms with E-state index >= 15 is 0 Å². The van der Waals surface area contributed by atoms with Gasteiger partial charge in [0.2, 0.25) is 0 Å². The van der Waals surface area contributed by atoms with Crippen LogP contribution < -0.4 is 10.2 Å². The van der Waals surface area contributed by atoms with Gasteiger partial charge in [-0.25, -0.2) is 18.0 Å². The Hall–Kier alpha value is -2.50. The van der Waals surface area contributed by atoms with Crippen LogP contribution in [0.5, 0.6) is 0 Å². The minimum Gasteiger partial charge on any atom is -0.307 e. The van der Waals surface area contributed by atoms with Crippen LogP contribution in [0.2, 0.25) is 0 Å². The Balaban J connectivity index is 2.03. The molecule has 1 heterocycles. The lowest BCUT2D eigenvalue weighted by atomic mass is 10.1. The number of halogens is 3. The minimum atomic E-state index is -0.721. The predicted molar refractivity (Wildman–Crippen MR) is 68.0 cm³/mol. The Morgan fingerprint density at radius 3 is 2.50 bits per heavy atom. The number of urea groups is 1. The second kappa shape index (κ2) is 4.56. The molecule has 102 valence electrons. The molecule has 0 radical (unpaired) electrons. The van der Waals surface area contributed by atoms with Crippen LogP contribution in [-0.2, 0) is 6.54 Å². The first-order chi connectivity index (χ1) is 9.54. The van der Waals surface area contributed by atoms with Gasteiger partial charge < -0.3 is 5.32 Å². The number of fused-ring (bicyclic) bond motifs is 1. The highest BCUT2D eigenvalue weighted by atomic mass is 19.1. The molecule has 0 fully saturated rings.